The molecule has 2 aliphatic heterocycles. The minimum Gasteiger partial charge on any atom is -0.392 e. The van der Waals surface area contributed by atoms with Crippen molar-refractivity contribution in [1.82, 2.24) is 0 Å². The molecule has 3 nitrogen and oxygen atoms in total. The minimum atomic E-state index is -0.435. The molecular formula is C16H23NO2. The van der Waals surface area contributed by atoms with Crippen molar-refractivity contribution in [2.45, 2.75) is 50.4 Å². The first kappa shape index (κ1) is 13.1. The molecule has 3 heteroatoms. The Hall–Kier alpha value is -0.900. The summed E-state index contributed by atoms with van der Waals surface area (Å²) in [6.07, 6.45) is 3.09. The molecule has 2 saturated heterocycles. The van der Waals surface area contributed by atoms with E-state index in [-0.39, 0.29) is 17.4 Å². The molecule has 0 radical (unpaired) electrons. The lowest BCUT2D eigenvalue weighted by Crippen LogP contribution is -2.50. The first-order valence-corrected chi connectivity index (χ1v) is 7.26. The van der Waals surface area contributed by atoms with Crippen LogP contribution in [0.15, 0.2) is 30.3 Å². The zero-order chi connectivity index (χ0) is 13.5. The van der Waals surface area contributed by atoms with Crippen LogP contribution in [0.3, 0.4) is 0 Å². The van der Waals surface area contributed by atoms with E-state index in [9.17, 15) is 5.11 Å². The average Bonchev–Trinajstić information content (AvgIpc) is 3.07. The van der Waals surface area contributed by atoms with Gasteiger partial charge in [-0.1, -0.05) is 37.3 Å². The van der Waals surface area contributed by atoms with Crippen molar-refractivity contribution in [3.05, 3.63) is 35.9 Å². The van der Waals surface area contributed by atoms with Gasteiger partial charge in [-0.3, -0.25) is 0 Å². The van der Waals surface area contributed by atoms with Crippen molar-refractivity contribution in [3.63, 3.8) is 0 Å². The van der Waals surface area contributed by atoms with Crippen LogP contribution in [-0.2, 0) is 4.74 Å². The molecule has 2 fully saturated rings. The van der Waals surface area contributed by atoms with E-state index in [1.807, 2.05) is 18.2 Å². The van der Waals surface area contributed by atoms with Crippen molar-refractivity contribution in [2.24, 2.45) is 11.1 Å². The van der Waals surface area contributed by atoms with Crippen molar-refractivity contribution in [2.75, 3.05) is 6.54 Å². The maximum absolute atomic E-state index is 10.9. The van der Waals surface area contributed by atoms with Crippen LogP contribution in [0.1, 0.15) is 37.7 Å². The minimum absolute atomic E-state index is 0.0905. The maximum atomic E-state index is 10.9. The highest BCUT2D eigenvalue weighted by Crippen LogP contribution is 2.51. The van der Waals surface area contributed by atoms with Crippen molar-refractivity contribution in [3.8, 4) is 0 Å². The number of fused-ring (bicyclic) bond motifs is 2. The highest BCUT2D eigenvalue weighted by atomic mass is 16.5. The molecule has 0 aliphatic carbocycles. The molecule has 2 aliphatic rings. The Morgan fingerprint density at radius 2 is 2.11 bits per heavy atom. The maximum Gasteiger partial charge on any atom is 0.0700 e. The molecule has 19 heavy (non-hydrogen) atoms. The van der Waals surface area contributed by atoms with Gasteiger partial charge in [0.05, 0.1) is 18.3 Å². The standard InChI is InChI=1S/C16H23NO2/c1-11(12-5-3-2-4-6-12)15(18)16(10-17)9-13-7-8-14(16)19-13/h2-6,11,13-15,18H,7-10,17H2,1H3. The third kappa shape index (κ3) is 2.00. The van der Waals surface area contributed by atoms with Gasteiger partial charge in [0.1, 0.15) is 0 Å². The molecule has 2 bridgehead atoms. The lowest BCUT2D eigenvalue weighted by molar-refractivity contribution is -0.0357. The molecule has 1 aromatic carbocycles. The fourth-order valence-electron chi connectivity index (χ4n) is 3.92. The molecule has 5 unspecified atom stereocenters. The van der Waals surface area contributed by atoms with E-state index in [2.05, 4.69) is 19.1 Å². The monoisotopic (exact) mass is 261 g/mol. The number of ether oxygens (including phenoxy) is 1. The molecule has 3 rings (SSSR count). The van der Waals surface area contributed by atoms with Gasteiger partial charge in [0.15, 0.2) is 0 Å². The van der Waals surface area contributed by atoms with E-state index in [0.717, 1.165) is 19.3 Å². The molecule has 0 aromatic heterocycles. The lowest BCUT2D eigenvalue weighted by atomic mass is 9.66. The number of aliphatic hydroxyl groups excluding tert-OH is 1. The van der Waals surface area contributed by atoms with Gasteiger partial charge in [-0.05, 0) is 24.8 Å². The fourth-order valence-corrected chi connectivity index (χ4v) is 3.92. The Labute approximate surface area is 114 Å². The number of benzene rings is 1. The largest absolute Gasteiger partial charge is 0.392 e. The number of rotatable bonds is 4. The van der Waals surface area contributed by atoms with Crippen LogP contribution >= 0.6 is 0 Å². The molecular weight excluding hydrogens is 238 g/mol. The topological polar surface area (TPSA) is 55.5 Å². The molecule has 2 heterocycles. The second-order valence-corrected chi connectivity index (χ2v) is 6.11. The van der Waals surface area contributed by atoms with Crippen LogP contribution in [0.4, 0.5) is 0 Å². The Kier molecular flexibility index (Phi) is 3.37. The smallest absolute Gasteiger partial charge is 0.0700 e. The van der Waals surface area contributed by atoms with E-state index >= 15 is 0 Å². The van der Waals surface area contributed by atoms with Crippen LogP contribution in [0.5, 0.6) is 0 Å². The summed E-state index contributed by atoms with van der Waals surface area (Å²) in [5.41, 5.74) is 6.95. The van der Waals surface area contributed by atoms with Crippen LogP contribution < -0.4 is 5.73 Å². The zero-order valence-electron chi connectivity index (χ0n) is 11.5. The predicted molar refractivity (Wildman–Crippen MR) is 74.9 cm³/mol. The summed E-state index contributed by atoms with van der Waals surface area (Å²) in [6, 6.07) is 10.2. The second kappa shape index (κ2) is 4.89. The molecule has 0 saturated carbocycles. The van der Waals surface area contributed by atoms with E-state index in [1.54, 1.807) is 0 Å². The fraction of sp³-hybridized carbons (Fsp3) is 0.625. The quantitative estimate of drug-likeness (QED) is 0.872. The van der Waals surface area contributed by atoms with Crippen LogP contribution in [0.2, 0.25) is 0 Å². The molecule has 1 aromatic rings. The Morgan fingerprint density at radius 1 is 1.37 bits per heavy atom. The SMILES string of the molecule is CC(c1ccccc1)C(O)C1(CN)CC2CCC1O2. The normalized spacial score (nSPS) is 36.4. The number of aliphatic hydroxyl groups is 1. The van der Waals surface area contributed by atoms with Crippen LogP contribution in [0, 0.1) is 5.41 Å². The Bertz CT molecular complexity index is 436. The third-order valence-corrected chi connectivity index (χ3v) is 5.12. The summed E-state index contributed by atoms with van der Waals surface area (Å²) >= 11 is 0. The van der Waals surface area contributed by atoms with Crippen molar-refractivity contribution >= 4 is 0 Å². The van der Waals surface area contributed by atoms with Gasteiger partial charge >= 0.3 is 0 Å². The van der Waals surface area contributed by atoms with E-state index in [1.165, 1.54) is 5.56 Å². The van der Waals surface area contributed by atoms with E-state index in [4.69, 9.17) is 10.5 Å². The van der Waals surface area contributed by atoms with Crippen molar-refractivity contribution in [1.29, 1.82) is 0 Å². The summed E-state index contributed by atoms with van der Waals surface area (Å²) in [5.74, 6) is 0.0905. The zero-order valence-corrected chi connectivity index (χ0v) is 11.5. The van der Waals surface area contributed by atoms with Crippen LogP contribution in [0.25, 0.3) is 0 Å². The summed E-state index contributed by atoms with van der Waals surface area (Å²) in [6.45, 7) is 2.59. The molecule has 0 spiro atoms. The van der Waals surface area contributed by atoms with E-state index < -0.39 is 6.10 Å². The number of hydrogen-bond donors (Lipinski definition) is 2. The lowest BCUT2D eigenvalue weighted by Gasteiger charge is -2.41. The molecule has 104 valence electrons. The van der Waals surface area contributed by atoms with Gasteiger partial charge in [0.25, 0.3) is 0 Å². The molecule has 3 N–H and O–H groups in total. The highest BCUT2D eigenvalue weighted by molar-refractivity contribution is 5.22. The number of hydrogen-bond acceptors (Lipinski definition) is 3. The summed E-state index contributed by atoms with van der Waals surface area (Å²) in [7, 11) is 0. The summed E-state index contributed by atoms with van der Waals surface area (Å²) in [4.78, 5) is 0. The first-order valence-electron chi connectivity index (χ1n) is 7.26. The predicted octanol–water partition coefficient (Wildman–Crippen LogP) is 2.05. The van der Waals surface area contributed by atoms with Gasteiger partial charge in [0, 0.05) is 17.9 Å². The molecule has 0 amide bonds. The Morgan fingerprint density at radius 3 is 2.63 bits per heavy atom. The van der Waals surface area contributed by atoms with Gasteiger partial charge in [0.2, 0.25) is 0 Å². The molecule has 5 atom stereocenters. The summed E-state index contributed by atoms with van der Waals surface area (Å²) in [5, 5.41) is 10.9. The van der Waals surface area contributed by atoms with E-state index in [0.29, 0.717) is 12.6 Å². The van der Waals surface area contributed by atoms with Gasteiger partial charge in [-0.25, -0.2) is 0 Å². The van der Waals surface area contributed by atoms with Gasteiger partial charge in [-0.15, -0.1) is 0 Å². The summed E-state index contributed by atoms with van der Waals surface area (Å²) < 4.78 is 5.95. The highest BCUT2D eigenvalue weighted by Gasteiger charge is 2.56. The first-order chi connectivity index (χ1) is 9.17. The van der Waals surface area contributed by atoms with Gasteiger partial charge in [-0.2, -0.15) is 0 Å². The van der Waals surface area contributed by atoms with Crippen molar-refractivity contribution < 1.29 is 9.84 Å². The second-order valence-electron chi connectivity index (χ2n) is 6.11. The van der Waals surface area contributed by atoms with Gasteiger partial charge < -0.3 is 15.6 Å². The van der Waals surface area contributed by atoms with Crippen LogP contribution in [-0.4, -0.2) is 30.0 Å². The Balaban J connectivity index is 1.84. The average molecular weight is 261 g/mol. The third-order valence-electron chi connectivity index (χ3n) is 5.12. The number of nitrogens with two attached hydrogens (primary N) is 1.